The van der Waals surface area contributed by atoms with Gasteiger partial charge in [-0.1, -0.05) is 0 Å². The maximum atomic E-state index is 10.9. The summed E-state index contributed by atoms with van der Waals surface area (Å²) in [5, 5.41) is 13.3. The molecule has 2 rings (SSSR count). The van der Waals surface area contributed by atoms with E-state index in [-0.39, 0.29) is 11.6 Å². The molecule has 1 N–H and O–H groups in total. The van der Waals surface area contributed by atoms with E-state index in [0.29, 0.717) is 22.7 Å². The topological polar surface area (TPSA) is 81.5 Å². The van der Waals surface area contributed by atoms with Crippen molar-refractivity contribution in [3.8, 4) is 11.5 Å². The summed E-state index contributed by atoms with van der Waals surface area (Å²) in [5.41, 5.74) is 1.38. The molecule has 0 atom stereocenters. The van der Waals surface area contributed by atoms with E-state index in [1.165, 1.54) is 19.1 Å². The lowest BCUT2D eigenvalue weighted by atomic mass is 10.2. The summed E-state index contributed by atoms with van der Waals surface area (Å²) < 4.78 is 5.67. The van der Waals surface area contributed by atoms with E-state index < -0.39 is 4.92 Å². The Morgan fingerprint density at radius 1 is 1.19 bits per heavy atom. The zero-order valence-electron chi connectivity index (χ0n) is 11.6. The van der Waals surface area contributed by atoms with Gasteiger partial charge >= 0.3 is 0 Å². The van der Waals surface area contributed by atoms with Crippen molar-refractivity contribution in [1.29, 1.82) is 0 Å². The van der Waals surface area contributed by atoms with E-state index in [4.69, 9.17) is 4.74 Å². The van der Waals surface area contributed by atoms with Gasteiger partial charge in [-0.2, -0.15) is 0 Å². The SMILES string of the molecule is CC(=O)Nc1ccc(Oc2ccc([N+](=O)[O-])cc2C)cc1. The van der Waals surface area contributed by atoms with Crippen molar-refractivity contribution >= 4 is 17.3 Å². The molecule has 0 fully saturated rings. The fourth-order valence-corrected chi connectivity index (χ4v) is 1.80. The fraction of sp³-hybridized carbons (Fsp3) is 0.133. The third-order valence-corrected chi connectivity index (χ3v) is 2.77. The summed E-state index contributed by atoms with van der Waals surface area (Å²) >= 11 is 0. The van der Waals surface area contributed by atoms with Crippen molar-refractivity contribution in [2.75, 3.05) is 5.32 Å². The van der Waals surface area contributed by atoms with Crippen LogP contribution in [0.25, 0.3) is 0 Å². The average molecular weight is 286 g/mol. The molecule has 0 radical (unpaired) electrons. The van der Waals surface area contributed by atoms with Gasteiger partial charge in [0.2, 0.25) is 5.91 Å². The largest absolute Gasteiger partial charge is 0.457 e. The van der Waals surface area contributed by atoms with Crippen LogP contribution in [0.5, 0.6) is 11.5 Å². The second-order valence-electron chi connectivity index (χ2n) is 4.51. The standard InChI is InChI=1S/C15H14N2O4/c1-10-9-13(17(19)20)5-8-15(10)21-14-6-3-12(4-7-14)16-11(2)18/h3-9H,1-2H3,(H,16,18). The number of nitrogens with zero attached hydrogens (tertiary/aromatic N) is 1. The van der Waals surface area contributed by atoms with Crippen molar-refractivity contribution in [3.63, 3.8) is 0 Å². The highest BCUT2D eigenvalue weighted by atomic mass is 16.6. The highest BCUT2D eigenvalue weighted by Gasteiger charge is 2.09. The number of hydrogen-bond donors (Lipinski definition) is 1. The van der Waals surface area contributed by atoms with E-state index in [9.17, 15) is 14.9 Å². The van der Waals surface area contributed by atoms with Gasteiger partial charge in [0.1, 0.15) is 11.5 Å². The first-order valence-corrected chi connectivity index (χ1v) is 6.26. The van der Waals surface area contributed by atoms with Crippen LogP contribution in [0.2, 0.25) is 0 Å². The molecule has 6 heteroatoms. The number of nitro groups is 1. The molecule has 0 bridgehead atoms. The number of hydrogen-bond acceptors (Lipinski definition) is 4. The lowest BCUT2D eigenvalue weighted by Gasteiger charge is -2.09. The molecular formula is C15H14N2O4. The smallest absolute Gasteiger partial charge is 0.269 e. The molecule has 1 amide bonds. The number of rotatable bonds is 4. The van der Waals surface area contributed by atoms with Crippen molar-refractivity contribution in [3.05, 3.63) is 58.1 Å². The van der Waals surface area contributed by atoms with Crippen LogP contribution in [-0.2, 0) is 4.79 Å². The zero-order chi connectivity index (χ0) is 15.4. The number of nitrogens with one attached hydrogen (secondary N) is 1. The van der Waals surface area contributed by atoms with Gasteiger partial charge in [0.15, 0.2) is 0 Å². The summed E-state index contributed by atoms with van der Waals surface area (Å²) in [6, 6.07) is 11.3. The Bertz CT molecular complexity index is 681. The van der Waals surface area contributed by atoms with E-state index in [0.717, 1.165) is 0 Å². The first kappa shape index (κ1) is 14.5. The summed E-state index contributed by atoms with van der Waals surface area (Å²) in [7, 11) is 0. The number of amides is 1. The Labute approximate surface area is 121 Å². The van der Waals surface area contributed by atoms with Crippen LogP contribution >= 0.6 is 0 Å². The molecule has 0 aromatic heterocycles. The molecule has 0 aliphatic heterocycles. The minimum Gasteiger partial charge on any atom is -0.457 e. The van der Waals surface area contributed by atoms with Crippen LogP contribution in [-0.4, -0.2) is 10.8 Å². The molecule has 6 nitrogen and oxygen atoms in total. The van der Waals surface area contributed by atoms with Crippen LogP contribution < -0.4 is 10.1 Å². The highest BCUT2D eigenvalue weighted by Crippen LogP contribution is 2.28. The van der Waals surface area contributed by atoms with Crippen LogP contribution in [0.3, 0.4) is 0 Å². The monoisotopic (exact) mass is 286 g/mol. The third-order valence-electron chi connectivity index (χ3n) is 2.77. The first-order valence-electron chi connectivity index (χ1n) is 6.26. The van der Waals surface area contributed by atoms with Gasteiger partial charge in [0.25, 0.3) is 5.69 Å². The van der Waals surface area contributed by atoms with Gasteiger partial charge in [-0.3, -0.25) is 14.9 Å². The summed E-state index contributed by atoms with van der Waals surface area (Å²) in [6.07, 6.45) is 0. The number of anilines is 1. The average Bonchev–Trinajstić information content (AvgIpc) is 2.42. The van der Waals surface area contributed by atoms with Crippen molar-refractivity contribution in [2.24, 2.45) is 0 Å². The van der Waals surface area contributed by atoms with Crippen LogP contribution in [0, 0.1) is 17.0 Å². The lowest BCUT2D eigenvalue weighted by molar-refractivity contribution is -0.384. The van der Waals surface area contributed by atoms with Gasteiger partial charge in [0.05, 0.1) is 4.92 Å². The number of ether oxygens (including phenoxy) is 1. The lowest BCUT2D eigenvalue weighted by Crippen LogP contribution is -2.05. The molecule has 0 spiro atoms. The van der Waals surface area contributed by atoms with Crippen LogP contribution in [0.4, 0.5) is 11.4 Å². The molecule has 0 heterocycles. The molecule has 2 aromatic rings. The maximum Gasteiger partial charge on any atom is 0.269 e. The Kier molecular flexibility index (Phi) is 4.18. The number of non-ortho nitro benzene ring substituents is 1. The van der Waals surface area contributed by atoms with Gasteiger partial charge < -0.3 is 10.1 Å². The van der Waals surface area contributed by atoms with Crippen LogP contribution in [0.1, 0.15) is 12.5 Å². The highest BCUT2D eigenvalue weighted by molar-refractivity contribution is 5.88. The Morgan fingerprint density at radius 3 is 2.38 bits per heavy atom. The molecular weight excluding hydrogens is 272 g/mol. The maximum absolute atomic E-state index is 10.9. The quantitative estimate of drug-likeness (QED) is 0.687. The summed E-state index contributed by atoms with van der Waals surface area (Å²) in [4.78, 5) is 21.2. The van der Waals surface area contributed by atoms with Crippen molar-refractivity contribution in [2.45, 2.75) is 13.8 Å². The predicted molar refractivity (Wildman–Crippen MR) is 78.7 cm³/mol. The molecule has 0 aliphatic rings. The van der Waals surface area contributed by atoms with Crippen molar-refractivity contribution < 1.29 is 14.5 Å². The number of aryl methyl sites for hydroxylation is 1. The Morgan fingerprint density at radius 2 is 1.86 bits per heavy atom. The molecule has 0 unspecified atom stereocenters. The minimum atomic E-state index is -0.445. The van der Waals surface area contributed by atoms with Gasteiger partial charge in [0, 0.05) is 24.7 Å². The zero-order valence-corrected chi connectivity index (χ0v) is 11.6. The number of benzene rings is 2. The minimum absolute atomic E-state index is 0.0286. The second kappa shape index (κ2) is 6.04. The fourth-order valence-electron chi connectivity index (χ4n) is 1.80. The van der Waals surface area contributed by atoms with E-state index in [2.05, 4.69) is 5.32 Å². The van der Waals surface area contributed by atoms with E-state index in [1.54, 1.807) is 37.3 Å². The molecule has 0 saturated heterocycles. The molecule has 2 aromatic carbocycles. The van der Waals surface area contributed by atoms with Gasteiger partial charge in [-0.15, -0.1) is 0 Å². The van der Waals surface area contributed by atoms with Crippen molar-refractivity contribution in [1.82, 2.24) is 0 Å². The predicted octanol–water partition coefficient (Wildman–Crippen LogP) is 3.65. The third kappa shape index (κ3) is 3.79. The summed E-state index contributed by atoms with van der Waals surface area (Å²) in [6.45, 7) is 3.18. The molecule has 0 aliphatic carbocycles. The number of nitro benzene ring substituents is 1. The van der Waals surface area contributed by atoms with Crippen LogP contribution in [0.15, 0.2) is 42.5 Å². The normalized spacial score (nSPS) is 10.0. The van der Waals surface area contributed by atoms with Gasteiger partial charge in [-0.05, 0) is 42.8 Å². The van der Waals surface area contributed by atoms with E-state index in [1.807, 2.05) is 0 Å². The summed E-state index contributed by atoms with van der Waals surface area (Å²) in [5.74, 6) is 0.990. The Balaban J connectivity index is 2.14. The number of carbonyl (C=O) groups excluding carboxylic acids is 1. The first-order chi connectivity index (χ1) is 9.95. The molecule has 21 heavy (non-hydrogen) atoms. The molecule has 0 saturated carbocycles. The van der Waals surface area contributed by atoms with E-state index >= 15 is 0 Å². The second-order valence-corrected chi connectivity index (χ2v) is 4.51. The molecule has 108 valence electrons. The van der Waals surface area contributed by atoms with Gasteiger partial charge in [-0.25, -0.2) is 0 Å². The number of carbonyl (C=O) groups is 1. The Hall–Kier alpha value is -2.89.